The number of aryl methyl sites for hydroxylation is 4. The summed E-state index contributed by atoms with van der Waals surface area (Å²) < 4.78 is 2.26. The summed E-state index contributed by atoms with van der Waals surface area (Å²) in [7, 11) is 0. The SMILES string of the molecule is C=Cc1cc(-n2c3ccc(-c4nc(C)nc(C)n4)cc3c3cc(-c4nc(C)nc(C)n4)ccc32)ccc1-c1nc(-c2ccccc2)nc(-c2ccccc2)n1. The van der Waals surface area contributed by atoms with Crippen LogP contribution >= 0.6 is 0 Å². The van der Waals surface area contributed by atoms with E-state index in [0.717, 1.165) is 60.9 Å². The Balaban J connectivity index is 1.24. The van der Waals surface area contributed by atoms with Gasteiger partial charge in [0.05, 0.1) is 11.0 Å². The average Bonchev–Trinajstić information content (AvgIpc) is 3.53. The Morgan fingerprint density at radius 3 is 1.31 bits per heavy atom. The molecule has 0 saturated heterocycles. The van der Waals surface area contributed by atoms with Crippen molar-refractivity contribution in [2.45, 2.75) is 27.7 Å². The molecule has 0 radical (unpaired) electrons. The number of rotatable bonds is 7. The molecule has 0 spiro atoms. The Morgan fingerprint density at radius 1 is 0.418 bits per heavy atom. The zero-order valence-corrected chi connectivity index (χ0v) is 30.7. The second kappa shape index (κ2) is 13.6. The molecule has 9 rings (SSSR count). The van der Waals surface area contributed by atoms with E-state index in [2.05, 4.69) is 95.6 Å². The van der Waals surface area contributed by atoms with Crippen molar-refractivity contribution in [3.05, 3.63) is 151 Å². The Morgan fingerprint density at radius 2 is 0.855 bits per heavy atom. The van der Waals surface area contributed by atoms with Gasteiger partial charge in [0.2, 0.25) is 0 Å². The molecule has 10 nitrogen and oxygen atoms in total. The van der Waals surface area contributed by atoms with Gasteiger partial charge in [0.25, 0.3) is 0 Å². The minimum absolute atomic E-state index is 0.566. The van der Waals surface area contributed by atoms with Crippen LogP contribution in [0.25, 0.3) is 90.5 Å². The smallest absolute Gasteiger partial charge is 0.164 e. The van der Waals surface area contributed by atoms with E-state index in [1.165, 1.54) is 0 Å². The van der Waals surface area contributed by atoms with Crippen LogP contribution < -0.4 is 0 Å². The molecule has 0 bridgehead atoms. The zero-order chi connectivity index (χ0) is 37.6. The Labute approximate surface area is 317 Å². The number of hydrogen-bond acceptors (Lipinski definition) is 9. The van der Waals surface area contributed by atoms with Crippen molar-refractivity contribution in [2.75, 3.05) is 0 Å². The molecule has 0 saturated carbocycles. The van der Waals surface area contributed by atoms with Gasteiger partial charge in [-0.2, -0.15) is 0 Å². The Bertz CT molecular complexity index is 2730. The first-order valence-corrected chi connectivity index (χ1v) is 17.9. The van der Waals surface area contributed by atoms with Gasteiger partial charge < -0.3 is 4.57 Å². The molecule has 5 aromatic carbocycles. The minimum atomic E-state index is 0.566. The zero-order valence-electron chi connectivity index (χ0n) is 30.7. The second-order valence-corrected chi connectivity index (χ2v) is 13.3. The Kier molecular flexibility index (Phi) is 8.27. The topological polar surface area (TPSA) is 121 Å². The van der Waals surface area contributed by atoms with Crippen LogP contribution in [-0.2, 0) is 0 Å². The van der Waals surface area contributed by atoms with Crippen molar-refractivity contribution < 1.29 is 0 Å². The lowest BCUT2D eigenvalue weighted by atomic mass is 10.0. The largest absolute Gasteiger partial charge is 0.309 e. The molecule has 0 fully saturated rings. The van der Waals surface area contributed by atoms with Crippen molar-refractivity contribution in [1.82, 2.24) is 49.4 Å². The van der Waals surface area contributed by atoms with Gasteiger partial charge in [-0.25, -0.2) is 44.9 Å². The molecule has 0 unspecified atom stereocenters. The van der Waals surface area contributed by atoms with Crippen molar-refractivity contribution in [3.8, 4) is 62.6 Å². The standard InChI is InChI=1S/C45H34N10/c1-6-30-23-35(19-20-36(30)45-53-41(31-13-9-7-10-14-31)52-42(54-45)32-15-11-8-12-16-32)55-39-21-17-33(43-48-26(2)46-27(3)49-43)24-37(39)38-25-34(18-22-40(38)55)44-50-28(4)47-29(5)51-44/h6-25H,1H2,2-5H3. The molecule has 264 valence electrons. The van der Waals surface area contributed by atoms with E-state index in [4.69, 9.17) is 15.0 Å². The molecular weight excluding hydrogens is 681 g/mol. The molecule has 0 N–H and O–H groups in total. The molecule has 0 aliphatic carbocycles. The van der Waals surface area contributed by atoms with Crippen LogP contribution in [0.4, 0.5) is 0 Å². The highest BCUT2D eigenvalue weighted by Crippen LogP contribution is 2.38. The summed E-state index contributed by atoms with van der Waals surface area (Å²) in [6.45, 7) is 11.8. The van der Waals surface area contributed by atoms with Crippen LogP contribution in [0, 0.1) is 27.7 Å². The van der Waals surface area contributed by atoms with E-state index in [1.54, 1.807) is 0 Å². The lowest BCUT2D eigenvalue weighted by molar-refractivity contribution is 0.928. The fraction of sp³-hybridized carbons (Fsp3) is 0.0889. The molecule has 0 aliphatic rings. The van der Waals surface area contributed by atoms with Crippen molar-refractivity contribution in [2.24, 2.45) is 0 Å². The highest BCUT2D eigenvalue weighted by Gasteiger charge is 2.19. The minimum Gasteiger partial charge on any atom is -0.309 e. The van der Waals surface area contributed by atoms with Gasteiger partial charge in [0.1, 0.15) is 23.3 Å². The lowest BCUT2D eigenvalue weighted by Gasteiger charge is -2.13. The molecule has 9 aromatic rings. The molecule has 0 atom stereocenters. The van der Waals surface area contributed by atoms with E-state index in [9.17, 15) is 0 Å². The third-order valence-corrected chi connectivity index (χ3v) is 9.45. The first-order chi connectivity index (χ1) is 26.8. The average molecular weight is 715 g/mol. The van der Waals surface area contributed by atoms with Gasteiger partial charge in [-0.1, -0.05) is 73.3 Å². The third kappa shape index (κ3) is 6.29. The van der Waals surface area contributed by atoms with E-state index in [-0.39, 0.29) is 0 Å². The molecule has 4 aromatic heterocycles. The quantitative estimate of drug-likeness (QED) is 0.159. The van der Waals surface area contributed by atoms with E-state index in [0.29, 0.717) is 52.4 Å². The molecule has 10 heteroatoms. The summed E-state index contributed by atoms with van der Waals surface area (Å²) in [6.07, 6.45) is 1.86. The maximum absolute atomic E-state index is 4.99. The van der Waals surface area contributed by atoms with Crippen LogP contribution in [0.3, 0.4) is 0 Å². The van der Waals surface area contributed by atoms with Crippen molar-refractivity contribution in [3.63, 3.8) is 0 Å². The first kappa shape index (κ1) is 33.5. The van der Waals surface area contributed by atoms with Crippen molar-refractivity contribution >= 4 is 27.9 Å². The lowest BCUT2D eigenvalue weighted by Crippen LogP contribution is -2.02. The first-order valence-electron chi connectivity index (χ1n) is 17.9. The molecule has 0 amide bonds. The van der Waals surface area contributed by atoms with Crippen LogP contribution in [0.1, 0.15) is 28.9 Å². The van der Waals surface area contributed by atoms with Crippen LogP contribution in [0.2, 0.25) is 0 Å². The Hall–Kier alpha value is -7.33. The number of hydrogen-bond donors (Lipinski definition) is 0. The predicted molar refractivity (Wildman–Crippen MR) is 217 cm³/mol. The van der Waals surface area contributed by atoms with Gasteiger partial charge >= 0.3 is 0 Å². The molecule has 0 aliphatic heterocycles. The second-order valence-electron chi connectivity index (χ2n) is 13.3. The predicted octanol–water partition coefficient (Wildman–Crippen LogP) is 9.55. The highest BCUT2D eigenvalue weighted by atomic mass is 15.0. The maximum Gasteiger partial charge on any atom is 0.164 e. The van der Waals surface area contributed by atoms with E-state index in [1.807, 2.05) is 94.4 Å². The number of nitrogens with zero attached hydrogens (tertiary/aromatic N) is 10. The molecule has 4 heterocycles. The van der Waals surface area contributed by atoms with Crippen LogP contribution in [0.5, 0.6) is 0 Å². The highest BCUT2D eigenvalue weighted by molar-refractivity contribution is 6.11. The summed E-state index contributed by atoms with van der Waals surface area (Å²) in [5, 5.41) is 2.07. The molecular formula is C45H34N10. The van der Waals surface area contributed by atoms with E-state index < -0.39 is 0 Å². The van der Waals surface area contributed by atoms with Gasteiger partial charge in [0, 0.05) is 44.3 Å². The maximum atomic E-state index is 4.99. The summed E-state index contributed by atoms with van der Waals surface area (Å²) in [6, 6.07) is 39.0. The van der Waals surface area contributed by atoms with Gasteiger partial charge in [-0.05, 0) is 87.9 Å². The third-order valence-electron chi connectivity index (χ3n) is 9.45. The monoisotopic (exact) mass is 714 g/mol. The number of fused-ring (bicyclic) bond motifs is 3. The summed E-state index contributed by atoms with van der Waals surface area (Å²) in [4.78, 5) is 42.3. The molecule has 55 heavy (non-hydrogen) atoms. The summed E-state index contributed by atoms with van der Waals surface area (Å²) in [5.41, 5.74) is 8.35. The van der Waals surface area contributed by atoms with E-state index >= 15 is 0 Å². The van der Waals surface area contributed by atoms with Gasteiger partial charge in [-0.15, -0.1) is 0 Å². The van der Waals surface area contributed by atoms with Crippen LogP contribution in [-0.4, -0.2) is 49.4 Å². The summed E-state index contributed by atoms with van der Waals surface area (Å²) >= 11 is 0. The van der Waals surface area contributed by atoms with Crippen molar-refractivity contribution in [1.29, 1.82) is 0 Å². The normalized spacial score (nSPS) is 11.3. The fourth-order valence-electron chi connectivity index (χ4n) is 7.06. The fourth-order valence-corrected chi connectivity index (χ4v) is 7.06. The number of benzene rings is 5. The number of aromatic nitrogens is 10. The van der Waals surface area contributed by atoms with Gasteiger partial charge in [0.15, 0.2) is 29.1 Å². The van der Waals surface area contributed by atoms with Gasteiger partial charge in [-0.3, -0.25) is 0 Å². The van der Waals surface area contributed by atoms with Crippen LogP contribution in [0.15, 0.2) is 122 Å². The summed E-state index contributed by atoms with van der Waals surface area (Å²) in [5.74, 6) is 5.74.